The number of halogens is 2. The van der Waals surface area contributed by atoms with Gasteiger partial charge in [-0.2, -0.15) is 0 Å². The summed E-state index contributed by atoms with van der Waals surface area (Å²) in [6, 6.07) is 13.6. The van der Waals surface area contributed by atoms with Crippen LogP contribution < -0.4 is 4.74 Å². The van der Waals surface area contributed by atoms with E-state index in [1.165, 1.54) is 5.56 Å². The van der Waals surface area contributed by atoms with Crippen LogP contribution >= 0.6 is 23.2 Å². The molecular formula is C17H18Cl2O. The highest BCUT2D eigenvalue weighted by Gasteiger charge is 2.14. The highest BCUT2D eigenvalue weighted by Crippen LogP contribution is 2.32. The Morgan fingerprint density at radius 3 is 2.45 bits per heavy atom. The van der Waals surface area contributed by atoms with E-state index in [9.17, 15) is 0 Å². The molecule has 1 nitrogen and oxygen atoms in total. The molecule has 0 saturated heterocycles. The summed E-state index contributed by atoms with van der Waals surface area (Å²) in [6.07, 6.45) is 0. The maximum absolute atomic E-state index is 6.02. The molecule has 0 aromatic heterocycles. The van der Waals surface area contributed by atoms with E-state index in [2.05, 4.69) is 32.9 Å². The average molecular weight is 309 g/mol. The van der Waals surface area contributed by atoms with Crippen molar-refractivity contribution in [3.63, 3.8) is 0 Å². The van der Waals surface area contributed by atoms with Crippen LogP contribution in [0.3, 0.4) is 0 Å². The predicted molar refractivity (Wildman–Crippen MR) is 86.2 cm³/mol. The lowest BCUT2D eigenvalue weighted by Gasteiger charge is -2.20. The molecule has 0 N–H and O–H groups in total. The zero-order valence-electron chi connectivity index (χ0n) is 11.9. The van der Waals surface area contributed by atoms with Crippen LogP contribution in [0.2, 0.25) is 5.02 Å². The van der Waals surface area contributed by atoms with Crippen LogP contribution in [0.5, 0.6) is 11.5 Å². The molecule has 0 spiro atoms. The van der Waals surface area contributed by atoms with Gasteiger partial charge in [0.25, 0.3) is 0 Å². The topological polar surface area (TPSA) is 9.23 Å². The average Bonchev–Trinajstić information content (AvgIpc) is 2.38. The van der Waals surface area contributed by atoms with Gasteiger partial charge in [-0.3, -0.25) is 0 Å². The second-order valence-electron chi connectivity index (χ2n) is 5.77. The van der Waals surface area contributed by atoms with Gasteiger partial charge < -0.3 is 4.74 Å². The van der Waals surface area contributed by atoms with E-state index in [0.29, 0.717) is 16.7 Å². The van der Waals surface area contributed by atoms with Crippen molar-refractivity contribution in [2.75, 3.05) is 0 Å². The lowest BCUT2D eigenvalue weighted by atomic mass is 9.87. The maximum Gasteiger partial charge on any atom is 0.133 e. The number of rotatable bonds is 3. The molecule has 0 heterocycles. The van der Waals surface area contributed by atoms with Gasteiger partial charge in [-0.15, -0.1) is 11.6 Å². The van der Waals surface area contributed by atoms with Crippen molar-refractivity contribution in [1.82, 2.24) is 0 Å². The molecule has 2 rings (SSSR count). The van der Waals surface area contributed by atoms with Gasteiger partial charge in [0.2, 0.25) is 0 Å². The third-order valence-corrected chi connectivity index (χ3v) is 3.62. The van der Waals surface area contributed by atoms with Crippen molar-refractivity contribution in [1.29, 1.82) is 0 Å². The molecule has 0 aliphatic heterocycles. The Bertz CT molecular complexity index is 600. The van der Waals surface area contributed by atoms with E-state index in [4.69, 9.17) is 27.9 Å². The molecule has 0 unspecified atom stereocenters. The van der Waals surface area contributed by atoms with Crippen LogP contribution in [0, 0.1) is 0 Å². The third kappa shape index (κ3) is 3.68. The number of alkyl halides is 1. The van der Waals surface area contributed by atoms with Crippen LogP contribution in [0.4, 0.5) is 0 Å². The summed E-state index contributed by atoms with van der Waals surface area (Å²) >= 11 is 12.0. The molecule has 0 bridgehead atoms. The molecule has 0 aliphatic rings. The van der Waals surface area contributed by atoms with Gasteiger partial charge in [-0.25, -0.2) is 0 Å². The van der Waals surface area contributed by atoms with Crippen molar-refractivity contribution in [2.45, 2.75) is 32.1 Å². The van der Waals surface area contributed by atoms with Crippen LogP contribution in [0.1, 0.15) is 31.9 Å². The first-order valence-corrected chi connectivity index (χ1v) is 7.44. The maximum atomic E-state index is 6.02. The fourth-order valence-electron chi connectivity index (χ4n) is 1.89. The number of hydrogen-bond donors (Lipinski definition) is 0. The minimum Gasteiger partial charge on any atom is -0.457 e. The Hall–Kier alpha value is -1.18. The van der Waals surface area contributed by atoms with E-state index in [0.717, 1.165) is 11.3 Å². The molecule has 2 aromatic rings. The Morgan fingerprint density at radius 2 is 1.80 bits per heavy atom. The summed E-state index contributed by atoms with van der Waals surface area (Å²) in [7, 11) is 0. The molecule has 0 amide bonds. The second-order valence-corrected chi connectivity index (χ2v) is 6.47. The molecule has 106 valence electrons. The summed E-state index contributed by atoms with van der Waals surface area (Å²) in [5.74, 6) is 1.90. The number of hydrogen-bond acceptors (Lipinski definition) is 1. The van der Waals surface area contributed by atoms with E-state index < -0.39 is 0 Å². The standard InChI is InChI=1S/C17H18Cl2O/c1-17(2,3)13-5-4-6-15(9-13)20-16-10-14(19)8-7-12(16)11-18/h4-10H,11H2,1-3H3. The minimum absolute atomic E-state index is 0.0863. The fourth-order valence-corrected chi connectivity index (χ4v) is 2.27. The molecule has 20 heavy (non-hydrogen) atoms. The van der Waals surface area contributed by atoms with E-state index >= 15 is 0 Å². The monoisotopic (exact) mass is 308 g/mol. The van der Waals surface area contributed by atoms with E-state index in [-0.39, 0.29) is 5.41 Å². The Balaban J connectivity index is 2.33. The van der Waals surface area contributed by atoms with E-state index in [1.807, 2.05) is 24.3 Å². The molecule has 0 atom stereocenters. The molecule has 2 aromatic carbocycles. The highest BCUT2D eigenvalue weighted by atomic mass is 35.5. The second kappa shape index (κ2) is 6.07. The zero-order chi connectivity index (χ0) is 14.8. The largest absolute Gasteiger partial charge is 0.457 e. The summed E-state index contributed by atoms with van der Waals surface area (Å²) in [4.78, 5) is 0. The van der Waals surface area contributed by atoms with Crippen molar-refractivity contribution in [3.8, 4) is 11.5 Å². The third-order valence-electron chi connectivity index (χ3n) is 3.10. The molecule has 0 aliphatic carbocycles. The lowest BCUT2D eigenvalue weighted by Crippen LogP contribution is -2.10. The Labute approximate surface area is 130 Å². The van der Waals surface area contributed by atoms with Gasteiger partial charge in [0, 0.05) is 10.6 Å². The summed E-state index contributed by atoms with van der Waals surface area (Å²) < 4.78 is 5.95. The quantitative estimate of drug-likeness (QED) is 0.616. The van der Waals surface area contributed by atoms with Crippen LogP contribution in [-0.2, 0) is 11.3 Å². The molecular weight excluding hydrogens is 291 g/mol. The van der Waals surface area contributed by atoms with Crippen LogP contribution in [0.25, 0.3) is 0 Å². The Morgan fingerprint density at radius 1 is 1.05 bits per heavy atom. The van der Waals surface area contributed by atoms with Gasteiger partial charge >= 0.3 is 0 Å². The minimum atomic E-state index is 0.0863. The highest BCUT2D eigenvalue weighted by molar-refractivity contribution is 6.30. The van der Waals surface area contributed by atoms with Gasteiger partial charge in [-0.05, 0) is 35.2 Å². The molecule has 0 saturated carbocycles. The van der Waals surface area contributed by atoms with Crippen LogP contribution in [0.15, 0.2) is 42.5 Å². The fraction of sp³-hybridized carbons (Fsp3) is 0.294. The predicted octanol–water partition coefficient (Wildman–Crippen LogP) is 6.17. The Kier molecular flexibility index (Phi) is 4.62. The first kappa shape index (κ1) is 15.2. The summed E-state index contributed by atoms with van der Waals surface area (Å²) in [5.41, 5.74) is 2.24. The SMILES string of the molecule is CC(C)(C)c1cccc(Oc2cc(Cl)ccc2CCl)c1. The first-order chi connectivity index (χ1) is 9.40. The van der Waals surface area contributed by atoms with Crippen LogP contribution in [-0.4, -0.2) is 0 Å². The van der Waals surface area contributed by atoms with Gasteiger partial charge in [-0.1, -0.05) is 50.6 Å². The smallest absolute Gasteiger partial charge is 0.133 e. The van der Waals surface area contributed by atoms with Gasteiger partial charge in [0.05, 0.1) is 5.88 Å². The zero-order valence-corrected chi connectivity index (χ0v) is 13.4. The van der Waals surface area contributed by atoms with Gasteiger partial charge in [0.15, 0.2) is 0 Å². The molecule has 3 heteroatoms. The lowest BCUT2D eigenvalue weighted by molar-refractivity contribution is 0.474. The molecule has 0 radical (unpaired) electrons. The number of ether oxygens (including phenoxy) is 1. The van der Waals surface area contributed by atoms with E-state index in [1.54, 1.807) is 6.07 Å². The molecule has 0 fully saturated rings. The van der Waals surface area contributed by atoms with Crippen molar-refractivity contribution < 1.29 is 4.74 Å². The van der Waals surface area contributed by atoms with Crippen molar-refractivity contribution in [3.05, 3.63) is 58.6 Å². The summed E-state index contributed by atoms with van der Waals surface area (Å²) in [6.45, 7) is 6.53. The number of benzene rings is 2. The van der Waals surface area contributed by atoms with Gasteiger partial charge in [0.1, 0.15) is 11.5 Å². The van der Waals surface area contributed by atoms with Crippen molar-refractivity contribution in [2.24, 2.45) is 0 Å². The normalized spacial score (nSPS) is 11.4. The first-order valence-electron chi connectivity index (χ1n) is 6.53. The van der Waals surface area contributed by atoms with Crippen molar-refractivity contribution >= 4 is 23.2 Å². The summed E-state index contributed by atoms with van der Waals surface area (Å²) in [5, 5.41) is 0.640.